The Morgan fingerprint density at radius 3 is 2.71 bits per heavy atom. The number of rotatable bonds is 4. The van der Waals surface area contributed by atoms with E-state index in [-0.39, 0.29) is 10.6 Å². The van der Waals surface area contributed by atoms with Crippen LogP contribution in [0.15, 0.2) is 12.3 Å². The van der Waals surface area contributed by atoms with Gasteiger partial charge in [-0.15, -0.1) is 0 Å². The minimum absolute atomic E-state index is 0.0666. The van der Waals surface area contributed by atoms with Gasteiger partial charge in [0.25, 0.3) is 5.91 Å². The van der Waals surface area contributed by atoms with Gasteiger partial charge in [0.2, 0.25) is 0 Å². The molecule has 1 aromatic heterocycles. The quantitative estimate of drug-likeness (QED) is 0.717. The van der Waals surface area contributed by atoms with E-state index in [0.29, 0.717) is 5.69 Å². The van der Waals surface area contributed by atoms with Gasteiger partial charge in [-0.2, -0.15) is 0 Å². The second-order valence-corrected chi connectivity index (χ2v) is 3.76. The Labute approximate surface area is 102 Å². The van der Waals surface area contributed by atoms with Crippen LogP contribution in [0, 0.1) is 6.92 Å². The number of nitrogens with one attached hydrogen (secondary N) is 1. The molecule has 1 atom stereocenters. The highest BCUT2D eigenvalue weighted by molar-refractivity contribution is 6.33. The number of carbonyl (C=O) groups excluding carboxylic acids is 1. The molecule has 0 bridgehead atoms. The molecule has 3 N–H and O–H groups in total. The smallest absolute Gasteiger partial charge is 0.328 e. The third-order valence-corrected chi connectivity index (χ3v) is 2.33. The average Bonchev–Trinajstić information content (AvgIpc) is 2.24. The first-order chi connectivity index (χ1) is 7.95. The molecule has 1 amide bonds. The number of carboxylic acids is 1. The minimum atomic E-state index is -1.36. The van der Waals surface area contributed by atoms with E-state index in [9.17, 15) is 9.59 Å². The standard InChI is InChI=1S/C10H11ClN2O4/c1-5-2-7(11)6(3-12-5)9(15)13-8(4-14)10(16)17/h2-3,8,14H,4H2,1H3,(H,13,15)(H,16,17). The molecule has 0 saturated carbocycles. The second kappa shape index (κ2) is 5.60. The van der Waals surface area contributed by atoms with E-state index in [1.54, 1.807) is 6.92 Å². The number of aliphatic carboxylic acids is 1. The van der Waals surface area contributed by atoms with E-state index in [1.165, 1.54) is 12.3 Å². The summed E-state index contributed by atoms with van der Waals surface area (Å²) >= 11 is 5.82. The fourth-order valence-corrected chi connectivity index (χ4v) is 1.41. The fraction of sp³-hybridized carbons (Fsp3) is 0.300. The highest BCUT2D eigenvalue weighted by atomic mass is 35.5. The third-order valence-electron chi connectivity index (χ3n) is 2.02. The molecule has 1 aromatic rings. The zero-order valence-electron chi connectivity index (χ0n) is 8.98. The van der Waals surface area contributed by atoms with Gasteiger partial charge in [0.1, 0.15) is 0 Å². The topological polar surface area (TPSA) is 99.5 Å². The Hall–Kier alpha value is -1.66. The molecule has 0 aliphatic carbocycles. The normalized spacial score (nSPS) is 11.9. The van der Waals surface area contributed by atoms with Crippen molar-refractivity contribution in [2.24, 2.45) is 0 Å². The summed E-state index contributed by atoms with van der Waals surface area (Å²) < 4.78 is 0. The van der Waals surface area contributed by atoms with Gasteiger partial charge < -0.3 is 15.5 Å². The molecule has 6 nitrogen and oxygen atoms in total. The van der Waals surface area contributed by atoms with Gasteiger partial charge in [-0.1, -0.05) is 11.6 Å². The number of halogens is 1. The first kappa shape index (κ1) is 13.4. The number of carbonyl (C=O) groups is 2. The van der Waals surface area contributed by atoms with Crippen molar-refractivity contribution in [1.29, 1.82) is 0 Å². The Kier molecular flexibility index (Phi) is 4.42. The van der Waals surface area contributed by atoms with Gasteiger partial charge in [-0.25, -0.2) is 4.79 Å². The van der Waals surface area contributed by atoms with Crippen LogP contribution < -0.4 is 5.32 Å². The van der Waals surface area contributed by atoms with Gasteiger partial charge in [-0.3, -0.25) is 9.78 Å². The lowest BCUT2D eigenvalue weighted by Crippen LogP contribution is -2.43. The van der Waals surface area contributed by atoms with Gasteiger partial charge in [0, 0.05) is 11.9 Å². The number of carboxylic acid groups (broad SMARTS) is 1. The lowest BCUT2D eigenvalue weighted by atomic mass is 10.2. The van der Waals surface area contributed by atoms with Gasteiger partial charge in [0.05, 0.1) is 17.2 Å². The first-order valence-electron chi connectivity index (χ1n) is 4.72. The summed E-state index contributed by atoms with van der Waals surface area (Å²) in [5.41, 5.74) is 0.709. The van der Waals surface area contributed by atoms with Crippen molar-refractivity contribution < 1.29 is 19.8 Å². The Morgan fingerprint density at radius 1 is 1.59 bits per heavy atom. The van der Waals surface area contributed by atoms with Crippen LogP contribution in [0.1, 0.15) is 16.1 Å². The van der Waals surface area contributed by atoms with Crippen molar-refractivity contribution in [2.45, 2.75) is 13.0 Å². The van der Waals surface area contributed by atoms with Crippen LogP contribution in [0.2, 0.25) is 5.02 Å². The van der Waals surface area contributed by atoms with Crippen LogP contribution in [-0.4, -0.2) is 39.7 Å². The van der Waals surface area contributed by atoms with Crippen molar-refractivity contribution in [3.05, 3.63) is 28.5 Å². The number of aliphatic hydroxyl groups excluding tert-OH is 1. The Bertz CT molecular complexity index is 450. The van der Waals surface area contributed by atoms with Gasteiger partial charge >= 0.3 is 5.97 Å². The highest BCUT2D eigenvalue weighted by Crippen LogP contribution is 2.15. The Balaban J connectivity index is 2.86. The maximum atomic E-state index is 11.6. The maximum Gasteiger partial charge on any atom is 0.328 e. The molecule has 0 fully saturated rings. The van der Waals surface area contributed by atoms with Crippen molar-refractivity contribution in [1.82, 2.24) is 10.3 Å². The van der Waals surface area contributed by atoms with E-state index in [4.69, 9.17) is 21.8 Å². The van der Waals surface area contributed by atoms with Gasteiger partial charge in [0.15, 0.2) is 6.04 Å². The average molecular weight is 259 g/mol. The molecule has 1 rings (SSSR count). The minimum Gasteiger partial charge on any atom is -0.480 e. The summed E-state index contributed by atoms with van der Waals surface area (Å²) in [5.74, 6) is -2.01. The van der Waals surface area contributed by atoms with Crippen LogP contribution in [0.5, 0.6) is 0 Å². The Morgan fingerprint density at radius 2 is 2.24 bits per heavy atom. The summed E-state index contributed by atoms with van der Waals surface area (Å²) in [6, 6.07) is 0.130. The molecule has 0 aliphatic rings. The largest absolute Gasteiger partial charge is 0.480 e. The van der Waals surface area contributed by atoms with Crippen molar-refractivity contribution in [3.63, 3.8) is 0 Å². The highest BCUT2D eigenvalue weighted by Gasteiger charge is 2.21. The number of pyridine rings is 1. The molecule has 17 heavy (non-hydrogen) atoms. The van der Waals surface area contributed by atoms with E-state index in [2.05, 4.69) is 10.3 Å². The lowest BCUT2D eigenvalue weighted by molar-refractivity contribution is -0.140. The number of amides is 1. The number of aryl methyl sites for hydroxylation is 1. The van der Waals surface area contributed by atoms with E-state index < -0.39 is 24.5 Å². The number of nitrogens with zero attached hydrogens (tertiary/aromatic N) is 1. The fourth-order valence-electron chi connectivity index (χ4n) is 1.12. The van der Waals surface area contributed by atoms with Crippen LogP contribution >= 0.6 is 11.6 Å². The van der Waals surface area contributed by atoms with E-state index in [0.717, 1.165) is 0 Å². The van der Waals surface area contributed by atoms with Gasteiger partial charge in [-0.05, 0) is 13.0 Å². The summed E-state index contributed by atoms with van der Waals surface area (Å²) in [5, 5.41) is 19.7. The predicted octanol–water partition coefficient (Wildman–Crippen LogP) is 0.219. The molecular weight excluding hydrogens is 248 g/mol. The summed E-state index contributed by atoms with van der Waals surface area (Å²) in [6.07, 6.45) is 1.25. The summed E-state index contributed by atoms with van der Waals surface area (Å²) in [4.78, 5) is 26.1. The molecule has 0 radical (unpaired) electrons. The lowest BCUT2D eigenvalue weighted by Gasteiger charge is -2.12. The van der Waals surface area contributed by atoms with Crippen molar-refractivity contribution in [3.8, 4) is 0 Å². The monoisotopic (exact) mass is 258 g/mol. The zero-order chi connectivity index (χ0) is 13.0. The molecule has 1 unspecified atom stereocenters. The predicted molar refractivity (Wildman–Crippen MR) is 60.0 cm³/mol. The van der Waals surface area contributed by atoms with Crippen molar-refractivity contribution >= 4 is 23.5 Å². The number of hydrogen-bond acceptors (Lipinski definition) is 4. The number of hydrogen-bond donors (Lipinski definition) is 3. The zero-order valence-corrected chi connectivity index (χ0v) is 9.73. The molecule has 0 aliphatic heterocycles. The first-order valence-corrected chi connectivity index (χ1v) is 5.10. The van der Waals surface area contributed by atoms with Crippen LogP contribution in [0.3, 0.4) is 0 Å². The molecule has 1 heterocycles. The maximum absolute atomic E-state index is 11.6. The molecule has 92 valence electrons. The van der Waals surface area contributed by atoms with E-state index >= 15 is 0 Å². The molecule has 0 spiro atoms. The third kappa shape index (κ3) is 3.40. The molecular formula is C10H11ClN2O4. The van der Waals surface area contributed by atoms with Crippen LogP contribution in [-0.2, 0) is 4.79 Å². The summed E-state index contributed by atoms with van der Waals surface area (Å²) in [7, 11) is 0. The van der Waals surface area contributed by atoms with E-state index in [1.807, 2.05) is 0 Å². The summed E-state index contributed by atoms with van der Waals surface area (Å²) in [6.45, 7) is 1.01. The van der Waals surface area contributed by atoms with Crippen LogP contribution in [0.25, 0.3) is 0 Å². The molecule has 0 aromatic carbocycles. The van der Waals surface area contributed by atoms with Crippen LogP contribution in [0.4, 0.5) is 0 Å². The molecule has 7 heteroatoms. The van der Waals surface area contributed by atoms with Crippen molar-refractivity contribution in [2.75, 3.05) is 6.61 Å². The second-order valence-electron chi connectivity index (χ2n) is 3.35. The number of aromatic nitrogens is 1. The number of aliphatic hydroxyl groups is 1. The SMILES string of the molecule is Cc1cc(Cl)c(C(=O)NC(CO)C(=O)O)cn1. The molecule has 0 saturated heterocycles.